The zero-order valence-electron chi connectivity index (χ0n) is 4.99. The first kappa shape index (κ1) is 6.48. The maximum Gasteiger partial charge on any atom is 0.215 e. The first-order valence-electron chi connectivity index (χ1n) is 3.01. The Labute approximate surface area is 52.6 Å². The Balaban J connectivity index is 2.39. The molecule has 0 aromatic rings. The van der Waals surface area contributed by atoms with Crippen molar-refractivity contribution in [3.05, 3.63) is 10.1 Å². The van der Waals surface area contributed by atoms with Crippen LogP contribution in [0.4, 0.5) is 0 Å². The fourth-order valence-electron chi connectivity index (χ4n) is 1.13. The highest BCUT2D eigenvalue weighted by molar-refractivity contribution is 4.73. The lowest BCUT2D eigenvalue weighted by atomic mass is 10.3. The maximum atomic E-state index is 10.0. The van der Waals surface area contributed by atoms with Gasteiger partial charge >= 0.3 is 0 Å². The van der Waals surface area contributed by atoms with Crippen LogP contribution in [0.25, 0.3) is 0 Å². The molecule has 0 bridgehead atoms. The zero-order chi connectivity index (χ0) is 6.85. The van der Waals surface area contributed by atoms with Crippen LogP contribution in [0.15, 0.2) is 0 Å². The Morgan fingerprint density at radius 3 is 2.44 bits per heavy atom. The molecule has 0 aromatic carbocycles. The Hall–Kier alpha value is -0.640. The summed E-state index contributed by atoms with van der Waals surface area (Å²) in [6.45, 7) is 0. The summed E-state index contributed by atoms with van der Waals surface area (Å²) >= 11 is 0. The third-order valence-electron chi connectivity index (χ3n) is 1.68. The SMILES string of the molecule is O=[N+]([O-])[C@@H]1CC[C@H](O)C1. The molecule has 0 saturated heterocycles. The van der Waals surface area contributed by atoms with E-state index in [1.165, 1.54) is 0 Å². The molecule has 0 unspecified atom stereocenters. The van der Waals surface area contributed by atoms with Gasteiger partial charge in [0.25, 0.3) is 0 Å². The van der Waals surface area contributed by atoms with Gasteiger partial charge in [-0.15, -0.1) is 0 Å². The first-order chi connectivity index (χ1) is 4.20. The van der Waals surface area contributed by atoms with Gasteiger partial charge in [0.2, 0.25) is 6.04 Å². The minimum absolute atomic E-state index is 0.309. The third kappa shape index (κ3) is 1.38. The highest BCUT2D eigenvalue weighted by atomic mass is 16.6. The van der Waals surface area contributed by atoms with E-state index < -0.39 is 12.1 Å². The van der Waals surface area contributed by atoms with Gasteiger partial charge in [-0.2, -0.15) is 0 Å². The molecule has 0 amide bonds. The molecule has 1 aliphatic carbocycles. The predicted molar refractivity (Wildman–Crippen MR) is 30.6 cm³/mol. The number of hydrogen-bond acceptors (Lipinski definition) is 3. The van der Waals surface area contributed by atoms with Gasteiger partial charge in [-0.25, -0.2) is 0 Å². The van der Waals surface area contributed by atoms with E-state index in [2.05, 4.69) is 0 Å². The van der Waals surface area contributed by atoms with Gasteiger partial charge in [0.05, 0.1) is 6.10 Å². The largest absolute Gasteiger partial charge is 0.393 e. The summed E-state index contributed by atoms with van der Waals surface area (Å²) in [6.07, 6.45) is 1.03. The predicted octanol–water partition coefficient (Wildman–Crippen LogP) is 0.176. The lowest BCUT2D eigenvalue weighted by molar-refractivity contribution is -0.521. The molecule has 4 heteroatoms. The van der Waals surface area contributed by atoms with Crippen LogP contribution in [-0.4, -0.2) is 22.2 Å². The minimum atomic E-state index is -0.486. The quantitative estimate of drug-likeness (QED) is 0.407. The van der Waals surface area contributed by atoms with E-state index >= 15 is 0 Å². The topological polar surface area (TPSA) is 63.4 Å². The van der Waals surface area contributed by atoms with E-state index in [9.17, 15) is 10.1 Å². The van der Waals surface area contributed by atoms with E-state index in [0.717, 1.165) is 0 Å². The van der Waals surface area contributed by atoms with Gasteiger partial charge < -0.3 is 5.11 Å². The van der Waals surface area contributed by atoms with Crippen molar-refractivity contribution in [2.75, 3.05) is 0 Å². The molecule has 0 aliphatic heterocycles. The van der Waals surface area contributed by atoms with Gasteiger partial charge in [0.15, 0.2) is 0 Å². The van der Waals surface area contributed by atoms with Crippen LogP contribution < -0.4 is 0 Å². The van der Waals surface area contributed by atoms with Gasteiger partial charge in [-0.3, -0.25) is 10.1 Å². The molecular weight excluding hydrogens is 122 g/mol. The smallest absolute Gasteiger partial charge is 0.215 e. The molecule has 1 N–H and O–H groups in total. The minimum Gasteiger partial charge on any atom is -0.393 e. The monoisotopic (exact) mass is 131 g/mol. The average Bonchev–Trinajstić information content (AvgIpc) is 2.14. The van der Waals surface area contributed by atoms with Crippen LogP contribution in [-0.2, 0) is 0 Å². The summed E-state index contributed by atoms with van der Waals surface area (Å²) < 4.78 is 0. The standard InChI is InChI=1S/C5H9NO3/c7-5-2-1-4(3-5)6(8)9/h4-5,7H,1-3H2/t4-,5+/m1/s1. The summed E-state index contributed by atoms with van der Waals surface area (Å²) in [7, 11) is 0. The van der Waals surface area contributed by atoms with Crippen molar-refractivity contribution in [3.8, 4) is 0 Å². The van der Waals surface area contributed by atoms with Crippen LogP contribution in [0.1, 0.15) is 19.3 Å². The molecule has 0 aromatic heterocycles. The van der Waals surface area contributed by atoms with Gasteiger partial charge in [-0.05, 0) is 6.42 Å². The molecule has 0 radical (unpaired) electrons. The lowest BCUT2D eigenvalue weighted by Gasteiger charge is -1.97. The fourth-order valence-corrected chi connectivity index (χ4v) is 1.13. The second-order valence-electron chi connectivity index (χ2n) is 2.41. The van der Waals surface area contributed by atoms with E-state index in [0.29, 0.717) is 19.3 Å². The molecule has 1 saturated carbocycles. The van der Waals surface area contributed by atoms with Crippen molar-refractivity contribution in [2.45, 2.75) is 31.4 Å². The van der Waals surface area contributed by atoms with E-state index in [4.69, 9.17) is 5.11 Å². The van der Waals surface area contributed by atoms with Crippen molar-refractivity contribution in [3.63, 3.8) is 0 Å². The Morgan fingerprint density at radius 1 is 1.56 bits per heavy atom. The Morgan fingerprint density at radius 2 is 2.22 bits per heavy atom. The molecular formula is C5H9NO3. The number of nitro groups is 1. The maximum absolute atomic E-state index is 10.0. The lowest BCUT2D eigenvalue weighted by Crippen LogP contribution is -2.15. The van der Waals surface area contributed by atoms with Crippen molar-refractivity contribution in [2.24, 2.45) is 0 Å². The molecule has 52 valence electrons. The Bertz CT molecular complexity index is 125. The van der Waals surface area contributed by atoms with Crippen LogP contribution in [0, 0.1) is 10.1 Å². The molecule has 1 fully saturated rings. The number of aliphatic hydroxyl groups excluding tert-OH is 1. The summed E-state index contributed by atoms with van der Waals surface area (Å²) in [5.74, 6) is 0. The summed E-state index contributed by atoms with van der Waals surface area (Å²) in [4.78, 5) is 9.73. The van der Waals surface area contributed by atoms with E-state index in [-0.39, 0.29) is 4.92 Å². The third-order valence-corrected chi connectivity index (χ3v) is 1.68. The average molecular weight is 131 g/mol. The summed E-state index contributed by atoms with van der Waals surface area (Å²) in [5, 5.41) is 18.9. The first-order valence-corrected chi connectivity index (χ1v) is 3.01. The summed E-state index contributed by atoms with van der Waals surface area (Å²) in [6, 6.07) is -0.486. The summed E-state index contributed by atoms with van der Waals surface area (Å²) in [5.41, 5.74) is 0. The number of nitrogens with zero attached hydrogens (tertiary/aromatic N) is 1. The molecule has 0 spiro atoms. The molecule has 1 rings (SSSR count). The second-order valence-corrected chi connectivity index (χ2v) is 2.41. The molecule has 2 atom stereocenters. The molecule has 9 heavy (non-hydrogen) atoms. The van der Waals surface area contributed by atoms with Crippen molar-refractivity contribution >= 4 is 0 Å². The van der Waals surface area contributed by atoms with Crippen LogP contribution >= 0.6 is 0 Å². The molecule has 0 heterocycles. The van der Waals surface area contributed by atoms with Crippen molar-refractivity contribution in [1.29, 1.82) is 0 Å². The molecule has 4 nitrogen and oxygen atoms in total. The van der Waals surface area contributed by atoms with Crippen LogP contribution in [0.3, 0.4) is 0 Å². The van der Waals surface area contributed by atoms with Crippen LogP contribution in [0.2, 0.25) is 0 Å². The highest BCUT2D eigenvalue weighted by Gasteiger charge is 2.30. The van der Waals surface area contributed by atoms with Gasteiger partial charge in [-0.1, -0.05) is 0 Å². The normalized spacial score (nSPS) is 34.8. The Kier molecular flexibility index (Phi) is 1.66. The second kappa shape index (κ2) is 2.31. The van der Waals surface area contributed by atoms with Crippen molar-refractivity contribution < 1.29 is 10.0 Å². The van der Waals surface area contributed by atoms with E-state index in [1.54, 1.807) is 0 Å². The van der Waals surface area contributed by atoms with E-state index in [1.807, 2.05) is 0 Å². The zero-order valence-corrected chi connectivity index (χ0v) is 4.99. The number of hydrogen-bond donors (Lipinski definition) is 1. The highest BCUT2D eigenvalue weighted by Crippen LogP contribution is 2.20. The van der Waals surface area contributed by atoms with Gasteiger partial charge in [0, 0.05) is 17.8 Å². The molecule has 1 aliphatic rings. The van der Waals surface area contributed by atoms with Gasteiger partial charge in [0.1, 0.15) is 0 Å². The number of aliphatic hydroxyl groups is 1. The number of rotatable bonds is 1. The fraction of sp³-hybridized carbons (Fsp3) is 1.00. The van der Waals surface area contributed by atoms with Crippen molar-refractivity contribution in [1.82, 2.24) is 0 Å². The van der Waals surface area contributed by atoms with Crippen LogP contribution in [0.5, 0.6) is 0 Å².